The molecule has 3 heterocycles. The summed E-state index contributed by atoms with van der Waals surface area (Å²) in [5.74, 6) is 2.50. The molecule has 276 valence electrons. The summed E-state index contributed by atoms with van der Waals surface area (Å²) < 4.78 is 12.8. The second-order valence-corrected chi connectivity index (χ2v) is 15.1. The third-order valence-corrected chi connectivity index (χ3v) is 11.9. The quantitative estimate of drug-likeness (QED) is 0.169. The number of hydrogen-bond acceptors (Lipinski definition) is 5. The van der Waals surface area contributed by atoms with Gasteiger partial charge in [-0.2, -0.15) is 0 Å². The minimum absolute atomic E-state index is 0.539. The molecule has 12 rings (SSSR count). The zero-order chi connectivity index (χ0) is 38.9. The van der Waals surface area contributed by atoms with Crippen LogP contribution < -0.4 is 0 Å². The fourth-order valence-corrected chi connectivity index (χ4v) is 9.26. The number of hydrogen-bond donors (Lipinski definition) is 0. The average molecular weight is 756 g/mol. The summed E-state index contributed by atoms with van der Waals surface area (Å²) in [6, 6.07) is 69.8. The Morgan fingerprint density at radius 2 is 0.932 bits per heavy atom. The van der Waals surface area contributed by atoms with Crippen molar-refractivity contribution in [3.05, 3.63) is 222 Å². The van der Waals surface area contributed by atoms with E-state index in [1.165, 1.54) is 22.3 Å². The highest BCUT2D eigenvalue weighted by molar-refractivity contribution is 6.09. The van der Waals surface area contributed by atoms with Crippen molar-refractivity contribution in [1.29, 1.82) is 0 Å². The Balaban J connectivity index is 1.10. The van der Waals surface area contributed by atoms with Crippen LogP contribution in [0.25, 0.3) is 89.5 Å². The second kappa shape index (κ2) is 13.1. The lowest BCUT2D eigenvalue weighted by atomic mass is 9.67. The van der Waals surface area contributed by atoms with E-state index in [0.717, 1.165) is 72.0 Å². The molecular formula is C54H33N3O2. The lowest BCUT2D eigenvalue weighted by Crippen LogP contribution is -2.28. The zero-order valence-corrected chi connectivity index (χ0v) is 31.7. The molecule has 1 aliphatic rings. The minimum atomic E-state index is -0.560. The predicted molar refractivity (Wildman–Crippen MR) is 236 cm³/mol. The fraction of sp³-hybridized carbons (Fsp3) is 0.0185. The Hall–Kier alpha value is -7.89. The highest BCUT2D eigenvalue weighted by Crippen LogP contribution is 2.58. The lowest BCUT2D eigenvalue weighted by molar-refractivity contribution is 0.631. The van der Waals surface area contributed by atoms with Gasteiger partial charge in [0.25, 0.3) is 0 Å². The number of nitrogens with zero attached hydrogens (tertiary/aromatic N) is 3. The third kappa shape index (κ3) is 5.08. The van der Waals surface area contributed by atoms with Crippen LogP contribution in [0.1, 0.15) is 22.3 Å². The van der Waals surface area contributed by atoms with Crippen molar-refractivity contribution in [2.24, 2.45) is 0 Å². The summed E-state index contributed by atoms with van der Waals surface area (Å²) in [5.41, 5.74) is 12.5. The van der Waals surface area contributed by atoms with Crippen molar-refractivity contribution in [2.75, 3.05) is 0 Å². The molecular weight excluding hydrogens is 723 g/mol. The summed E-state index contributed by atoms with van der Waals surface area (Å²) in [7, 11) is 0. The van der Waals surface area contributed by atoms with E-state index in [0.29, 0.717) is 17.5 Å². The first-order valence-corrected chi connectivity index (χ1v) is 19.8. The maximum atomic E-state index is 6.55. The molecule has 0 saturated carbocycles. The van der Waals surface area contributed by atoms with E-state index < -0.39 is 5.41 Å². The molecule has 3 aromatic heterocycles. The normalized spacial score (nSPS) is 12.9. The van der Waals surface area contributed by atoms with Crippen molar-refractivity contribution in [2.45, 2.75) is 5.41 Å². The summed E-state index contributed by atoms with van der Waals surface area (Å²) in [6.45, 7) is 0. The smallest absolute Gasteiger partial charge is 0.167 e. The number of furan rings is 2. The Bertz CT molecular complexity index is 3310. The molecule has 0 spiro atoms. The molecule has 0 radical (unpaired) electrons. The topological polar surface area (TPSA) is 65.0 Å². The van der Waals surface area contributed by atoms with Gasteiger partial charge in [-0.3, -0.25) is 0 Å². The van der Waals surface area contributed by atoms with Crippen LogP contribution in [0.3, 0.4) is 0 Å². The Morgan fingerprint density at radius 1 is 0.373 bits per heavy atom. The summed E-state index contributed by atoms with van der Waals surface area (Å²) in [6.07, 6.45) is 0. The van der Waals surface area contributed by atoms with Crippen molar-refractivity contribution < 1.29 is 8.83 Å². The van der Waals surface area contributed by atoms with E-state index in [1.54, 1.807) is 0 Å². The van der Waals surface area contributed by atoms with Gasteiger partial charge < -0.3 is 8.83 Å². The maximum Gasteiger partial charge on any atom is 0.167 e. The van der Waals surface area contributed by atoms with Crippen molar-refractivity contribution in [1.82, 2.24) is 15.0 Å². The van der Waals surface area contributed by atoms with Crippen LogP contribution in [0.15, 0.2) is 209 Å². The van der Waals surface area contributed by atoms with Crippen LogP contribution in [0.4, 0.5) is 0 Å². The molecule has 0 saturated heterocycles. The van der Waals surface area contributed by atoms with Gasteiger partial charge >= 0.3 is 0 Å². The molecule has 0 fully saturated rings. The van der Waals surface area contributed by atoms with Crippen LogP contribution in [-0.2, 0) is 5.41 Å². The molecule has 0 aliphatic heterocycles. The van der Waals surface area contributed by atoms with Gasteiger partial charge in [0, 0.05) is 32.8 Å². The number of benzene rings is 8. The van der Waals surface area contributed by atoms with Gasteiger partial charge in [0.05, 0.1) is 11.0 Å². The van der Waals surface area contributed by atoms with Crippen LogP contribution in [0, 0.1) is 0 Å². The van der Waals surface area contributed by atoms with Crippen molar-refractivity contribution in [3.63, 3.8) is 0 Å². The highest BCUT2D eigenvalue weighted by atomic mass is 16.3. The molecule has 5 nitrogen and oxygen atoms in total. The van der Waals surface area contributed by atoms with Gasteiger partial charge in [-0.25, -0.2) is 15.0 Å². The zero-order valence-electron chi connectivity index (χ0n) is 31.7. The molecule has 0 atom stereocenters. The second-order valence-electron chi connectivity index (χ2n) is 15.1. The number of aromatic nitrogens is 3. The van der Waals surface area contributed by atoms with Crippen molar-refractivity contribution >= 4 is 32.9 Å². The van der Waals surface area contributed by atoms with E-state index in [-0.39, 0.29) is 0 Å². The number of rotatable bonds is 6. The van der Waals surface area contributed by atoms with Gasteiger partial charge in [0.2, 0.25) is 0 Å². The van der Waals surface area contributed by atoms with Crippen LogP contribution in [0.5, 0.6) is 0 Å². The Labute approximate surface area is 339 Å². The fourth-order valence-electron chi connectivity index (χ4n) is 9.26. The van der Waals surface area contributed by atoms with Gasteiger partial charge in [-0.1, -0.05) is 176 Å². The van der Waals surface area contributed by atoms with Crippen LogP contribution in [-0.4, -0.2) is 15.0 Å². The largest absolute Gasteiger partial charge is 0.456 e. The number of fused-ring (bicyclic) bond motifs is 7. The van der Waals surface area contributed by atoms with Crippen molar-refractivity contribution in [3.8, 4) is 56.6 Å². The molecule has 11 aromatic rings. The van der Waals surface area contributed by atoms with Crippen LogP contribution >= 0.6 is 0 Å². The SMILES string of the molecule is c1ccc(C2(c3ccccc3)c3ccccc3-c3c(-c4nc(-c5ccc(-c6cc7ccccc7o6)cc5)nc(-c5cccc6c5oc5ccccc56)n4)cccc32)cc1. The van der Waals surface area contributed by atoms with Crippen LogP contribution in [0.2, 0.25) is 0 Å². The molecule has 1 aliphatic carbocycles. The first-order chi connectivity index (χ1) is 29.2. The highest BCUT2D eigenvalue weighted by Gasteiger charge is 2.47. The van der Waals surface area contributed by atoms with Gasteiger partial charge in [0.1, 0.15) is 22.5 Å². The van der Waals surface area contributed by atoms with E-state index in [1.807, 2.05) is 42.5 Å². The monoisotopic (exact) mass is 755 g/mol. The maximum absolute atomic E-state index is 6.55. The first kappa shape index (κ1) is 33.3. The molecule has 8 aromatic carbocycles. The van der Waals surface area contributed by atoms with Gasteiger partial charge in [0.15, 0.2) is 17.5 Å². The van der Waals surface area contributed by atoms with Gasteiger partial charge in [-0.15, -0.1) is 0 Å². The Kier molecular flexibility index (Phi) is 7.38. The molecule has 59 heavy (non-hydrogen) atoms. The minimum Gasteiger partial charge on any atom is -0.456 e. The Morgan fingerprint density at radius 3 is 1.71 bits per heavy atom. The third-order valence-electron chi connectivity index (χ3n) is 11.9. The molecule has 0 bridgehead atoms. The summed E-state index contributed by atoms with van der Waals surface area (Å²) in [4.78, 5) is 15.9. The van der Waals surface area contributed by atoms with E-state index >= 15 is 0 Å². The molecule has 0 N–H and O–H groups in total. The van der Waals surface area contributed by atoms with E-state index in [2.05, 4.69) is 158 Å². The number of para-hydroxylation sites is 3. The van der Waals surface area contributed by atoms with Gasteiger partial charge in [-0.05, 0) is 57.6 Å². The standard InChI is InChI=1S/C54H33N3O2/c1-3-16-37(17-4-1)54(38-18-5-2-6-19-38)44-25-10-8-21-41(44)49-42(23-14-26-45(49)54)52-55-51(35-31-29-34(30-32-35)48-33-36-15-7-11-27-46(36)58-48)56-53(57-52)43-24-13-22-40-39-20-9-12-28-47(39)59-50(40)43/h1-33H. The average Bonchev–Trinajstić information content (AvgIpc) is 4.01. The summed E-state index contributed by atoms with van der Waals surface area (Å²) in [5, 5.41) is 3.14. The van der Waals surface area contributed by atoms with E-state index in [9.17, 15) is 0 Å². The molecule has 0 unspecified atom stereocenters. The first-order valence-electron chi connectivity index (χ1n) is 19.8. The molecule has 5 heteroatoms. The predicted octanol–water partition coefficient (Wildman–Crippen LogP) is 13.5. The lowest BCUT2D eigenvalue weighted by Gasteiger charge is -2.33. The summed E-state index contributed by atoms with van der Waals surface area (Å²) >= 11 is 0. The van der Waals surface area contributed by atoms with E-state index in [4.69, 9.17) is 23.8 Å². The molecule has 0 amide bonds.